The average molecular weight is 233 g/mol. The van der Waals surface area contributed by atoms with Crippen molar-refractivity contribution in [3.8, 4) is 0 Å². The predicted molar refractivity (Wildman–Crippen MR) is 45.7 cm³/mol. The van der Waals surface area contributed by atoms with E-state index in [4.69, 9.17) is 5.11 Å². The summed E-state index contributed by atoms with van der Waals surface area (Å²) in [5.74, 6) is -0.401. The van der Waals surface area contributed by atoms with Crippen LogP contribution in [-0.4, -0.2) is 52.1 Å². The first-order valence-corrected chi connectivity index (χ1v) is 5.57. The molecule has 0 saturated carbocycles. The van der Waals surface area contributed by atoms with Gasteiger partial charge in [0.1, 0.15) is 6.61 Å². The molecule has 5 nitrogen and oxygen atoms in total. The van der Waals surface area contributed by atoms with Crippen molar-refractivity contribution < 1.29 is 27.0 Å². The smallest absolute Gasteiger partial charge is 0.261 e. The van der Waals surface area contributed by atoms with Gasteiger partial charge in [-0.25, -0.2) is 21.9 Å². The van der Waals surface area contributed by atoms with E-state index in [1.165, 1.54) is 0 Å². The molecular weight excluding hydrogens is 220 g/mol. The van der Waals surface area contributed by atoms with E-state index in [9.17, 15) is 17.2 Å². The van der Waals surface area contributed by atoms with E-state index in [2.05, 4.69) is 9.46 Å². The molecule has 0 spiro atoms. The lowest BCUT2D eigenvalue weighted by molar-refractivity contribution is 0.0199. The number of ether oxygens (including phenoxy) is 1. The third-order valence-electron chi connectivity index (χ3n) is 1.17. The molecule has 0 radical (unpaired) electrons. The zero-order valence-corrected chi connectivity index (χ0v) is 8.27. The number of aliphatic hydroxyl groups excluding tert-OH is 1. The molecule has 0 rings (SSSR count). The number of halogens is 2. The van der Waals surface area contributed by atoms with Crippen molar-refractivity contribution >= 4 is 10.0 Å². The maximum absolute atomic E-state index is 11.5. The van der Waals surface area contributed by atoms with Gasteiger partial charge in [-0.1, -0.05) is 0 Å². The zero-order valence-electron chi connectivity index (χ0n) is 7.45. The summed E-state index contributed by atoms with van der Waals surface area (Å²) in [6.07, 6.45) is -2.55. The Kier molecular flexibility index (Phi) is 6.89. The van der Waals surface area contributed by atoms with E-state index in [1.54, 1.807) is 0 Å². The van der Waals surface area contributed by atoms with Crippen LogP contribution in [0.4, 0.5) is 8.78 Å². The summed E-state index contributed by atoms with van der Waals surface area (Å²) in [4.78, 5) is 0. The highest BCUT2D eigenvalue weighted by atomic mass is 32.2. The molecule has 0 bridgehead atoms. The minimum Gasteiger partial charge on any atom is -0.395 e. The summed E-state index contributed by atoms with van der Waals surface area (Å²) < 4.78 is 51.3. The Balaban J connectivity index is 3.45. The van der Waals surface area contributed by atoms with E-state index in [1.807, 2.05) is 0 Å². The summed E-state index contributed by atoms with van der Waals surface area (Å²) >= 11 is 0. The van der Waals surface area contributed by atoms with Gasteiger partial charge in [0.05, 0.1) is 19.0 Å². The monoisotopic (exact) mass is 233 g/mol. The lowest BCUT2D eigenvalue weighted by Gasteiger charge is -2.05. The second-order valence-electron chi connectivity index (χ2n) is 2.40. The molecule has 0 aliphatic heterocycles. The van der Waals surface area contributed by atoms with Crippen molar-refractivity contribution in [3.63, 3.8) is 0 Å². The van der Waals surface area contributed by atoms with Crippen LogP contribution >= 0.6 is 0 Å². The third-order valence-corrected chi connectivity index (χ3v) is 2.54. The lowest BCUT2D eigenvalue weighted by Crippen LogP contribution is -2.31. The first kappa shape index (κ1) is 13.7. The number of aliphatic hydroxyl groups is 1. The molecule has 0 fully saturated rings. The van der Waals surface area contributed by atoms with Crippen LogP contribution in [0.5, 0.6) is 0 Å². The Morgan fingerprint density at radius 1 is 1.43 bits per heavy atom. The molecule has 0 aromatic heterocycles. The van der Waals surface area contributed by atoms with Gasteiger partial charge >= 0.3 is 0 Å². The van der Waals surface area contributed by atoms with Crippen LogP contribution in [0.25, 0.3) is 0 Å². The molecule has 0 aliphatic rings. The fourth-order valence-corrected chi connectivity index (χ4v) is 1.41. The van der Waals surface area contributed by atoms with Crippen molar-refractivity contribution in [2.75, 3.05) is 32.1 Å². The highest BCUT2D eigenvalue weighted by Crippen LogP contribution is 1.91. The quantitative estimate of drug-likeness (QED) is 0.537. The van der Waals surface area contributed by atoms with Crippen LogP contribution in [0.2, 0.25) is 0 Å². The number of nitrogens with one attached hydrogen (secondary N) is 1. The van der Waals surface area contributed by atoms with Crippen LogP contribution < -0.4 is 4.72 Å². The summed E-state index contributed by atoms with van der Waals surface area (Å²) in [6, 6.07) is 0. The third kappa shape index (κ3) is 8.30. The van der Waals surface area contributed by atoms with Gasteiger partial charge in [0.15, 0.2) is 0 Å². The molecule has 0 aromatic rings. The van der Waals surface area contributed by atoms with Crippen molar-refractivity contribution in [1.82, 2.24) is 4.72 Å². The fraction of sp³-hybridized carbons (Fsp3) is 1.00. The van der Waals surface area contributed by atoms with Crippen LogP contribution in [0.15, 0.2) is 0 Å². The highest BCUT2D eigenvalue weighted by Gasteiger charge is 2.08. The zero-order chi connectivity index (χ0) is 11.0. The largest absolute Gasteiger partial charge is 0.395 e. The molecule has 14 heavy (non-hydrogen) atoms. The van der Waals surface area contributed by atoms with Gasteiger partial charge in [0.2, 0.25) is 10.0 Å². The number of sulfonamides is 1. The first-order valence-electron chi connectivity index (χ1n) is 3.92. The maximum atomic E-state index is 11.5. The van der Waals surface area contributed by atoms with Crippen molar-refractivity contribution in [2.45, 2.75) is 6.43 Å². The Morgan fingerprint density at radius 3 is 2.57 bits per heavy atom. The Bertz CT molecular complexity index is 232. The summed E-state index contributed by atoms with van der Waals surface area (Å²) in [7, 11) is -3.50. The van der Waals surface area contributed by atoms with E-state index in [0.717, 1.165) is 0 Å². The Labute approximate surface area is 81.1 Å². The average Bonchev–Trinajstić information content (AvgIpc) is 2.02. The van der Waals surface area contributed by atoms with E-state index < -0.39 is 35.4 Å². The number of hydrogen-bond donors (Lipinski definition) is 2. The normalized spacial score (nSPS) is 12.3. The van der Waals surface area contributed by atoms with Crippen LogP contribution in [0, 0.1) is 0 Å². The van der Waals surface area contributed by atoms with Gasteiger partial charge in [-0.3, -0.25) is 0 Å². The maximum Gasteiger partial charge on any atom is 0.261 e. The van der Waals surface area contributed by atoms with E-state index >= 15 is 0 Å². The molecule has 0 atom stereocenters. The van der Waals surface area contributed by atoms with E-state index in [0.29, 0.717) is 0 Å². The van der Waals surface area contributed by atoms with Crippen molar-refractivity contribution in [3.05, 3.63) is 0 Å². The van der Waals surface area contributed by atoms with Crippen molar-refractivity contribution in [2.24, 2.45) is 0 Å². The molecule has 0 unspecified atom stereocenters. The number of hydrogen-bond acceptors (Lipinski definition) is 4. The predicted octanol–water partition coefficient (Wildman–Crippen LogP) is -0.820. The van der Waals surface area contributed by atoms with Gasteiger partial charge in [0.25, 0.3) is 6.43 Å². The molecule has 2 N–H and O–H groups in total. The standard InChI is InChI=1S/C6H13F2NO4S/c7-6(8)5-13-3-1-9-14(11,12)4-2-10/h6,9-10H,1-5H2. The SMILES string of the molecule is O=S(=O)(CCO)NCCOCC(F)F. The van der Waals surface area contributed by atoms with Gasteiger partial charge in [-0.15, -0.1) is 0 Å². The van der Waals surface area contributed by atoms with Gasteiger partial charge in [-0.05, 0) is 0 Å². The second-order valence-corrected chi connectivity index (χ2v) is 4.33. The molecule has 0 amide bonds. The Morgan fingerprint density at radius 2 is 2.07 bits per heavy atom. The molecule has 0 aromatic carbocycles. The van der Waals surface area contributed by atoms with Crippen LogP contribution in [0.1, 0.15) is 0 Å². The Hall–Kier alpha value is -0.310. The summed E-state index contributed by atoms with van der Waals surface area (Å²) in [6.45, 7) is -1.38. The fourth-order valence-electron chi connectivity index (χ4n) is 0.634. The first-order chi connectivity index (χ1) is 6.48. The highest BCUT2D eigenvalue weighted by molar-refractivity contribution is 7.89. The van der Waals surface area contributed by atoms with Gasteiger partial charge in [-0.2, -0.15) is 0 Å². The molecule has 0 aliphatic carbocycles. The summed E-state index contributed by atoms with van der Waals surface area (Å²) in [5.41, 5.74) is 0. The topological polar surface area (TPSA) is 75.6 Å². The van der Waals surface area contributed by atoms with Crippen LogP contribution in [0.3, 0.4) is 0 Å². The van der Waals surface area contributed by atoms with Gasteiger partial charge < -0.3 is 9.84 Å². The minimum absolute atomic E-state index is 0.0744. The number of rotatable bonds is 8. The second kappa shape index (κ2) is 7.04. The molecule has 8 heteroatoms. The van der Waals surface area contributed by atoms with Gasteiger partial charge in [0, 0.05) is 6.54 Å². The molecule has 86 valence electrons. The van der Waals surface area contributed by atoms with Crippen LogP contribution in [-0.2, 0) is 14.8 Å². The molecular formula is C6H13F2NO4S. The van der Waals surface area contributed by atoms with E-state index in [-0.39, 0.29) is 13.2 Å². The summed E-state index contributed by atoms with van der Waals surface area (Å²) in [5, 5.41) is 8.33. The molecule has 0 heterocycles. The minimum atomic E-state index is -3.50. The van der Waals surface area contributed by atoms with Crippen molar-refractivity contribution in [1.29, 1.82) is 0 Å². The molecule has 0 saturated heterocycles. The number of alkyl halides is 2. The lowest BCUT2D eigenvalue weighted by atomic mass is 10.7.